The van der Waals surface area contributed by atoms with Crippen LogP contribution in [-0.2, 0) is 4.74 Å². The van der Waals surface area contributed by atoms with E-state index in [1.165, 1.54) is 6.33 Å². The molecule has 150 valence electrons. The number of nitrogen functional groups attached to an aromatic ring is 1. The van der Waals surface area contributed by atoms with Crippen molar-refractivity contribution < 1.29 is 14.9 Å². The molecule has 0 amide bonds. The van der Waals surface area contributed by atoms with Gasteiger partial charge in [0.1, 0.15) is 24.1 Å². The maximum absolute atomic E-state index is 11.1. The number of ether oxygens (including phenoxy) is 1. The highest BCUT2D eigenvalue weighted by molar-refractivity contribution is 5.81. The molecule has 4 atom stereocenters. The Kier molecular flexibility index (Phi) is 6.59. The predicted octanol–water partition coefficient (Wildman–Crippen LogP) is 0.930. The SMILES string of the molecule is CCCCN(CCCC)[C@H]1[C@H](O)[C@H](n2cnc3c(N)ncnc32)O[C@@H]1CO. The molecule has 0 saturated carbocycles. The van der Waals surface area contributed by atoms with Crippen LogP contribution >= 0.6 is 0 Å². The predicted molar refractivity (Wildman–Crippen MR) is 102 cm³/mol. The molecule has 1 aliphatic heterocycles. The molecule has 0 bridgehead atoms. The second kappa shape index (κ2) is 8.92. The van der Waals surface area contributed by atoms with Crippen LogP contribution < -0.4 is 5.73 Å². The first-order chi connectivity index (χ1) is 13.1. The first-order valence-electron chi connectivity index (χ1n) is 9.73. The van der Waals surface area contributed by atoms with Gasteiger partial charge in [0.2, 0.25) is 0 Å². The highest BCUT2D eigenvalue weighted by atomic mass is 16.5. The van der Waals surface area contributed by atoms with Gasteiger partial charge in [-0.25, -0.2) is 15.0 Å². The minimum absolute atomic E-state index is 0.156. The van der Waals surface area contributed by atoms with Crippen LogP contribution in [0, 0.1) is 0 Å². The summed E-state index contributed by atoms with van der Waals surface area (Å²) >= 11 is 0. The van der Waals surface area contributed by atoms with Crippen molar-refractivity contribution in [1.82, 2.24) is 24.4 Å². The van der Waals surface area contributed by atoms with E-state index < -0.39 is 18.4 Å². The summed E-state index contributed by atoms with van der Waals surface area (Å²) in [4.78, 5) is 14.7. The highest BCUT2D eigenvalue weighted by Crippen LogP contribution is 2.34. The highest BCUT2D eigenvalue weighted by Gasteiger charge is 2.47. The van der Waals surface area contributed by atoms with Crippen LogP contribution in [0.3, 0.4) is 0 Å². The smallest absolute Gasteiger partial charge is 0.167 e. The molecule has 0 aliphatic carbocycles. The molecular weight excluding hydrogens is 348 g/mol. The number of unbranched alkanes of at least 4 members (excludes halogenated alkanes) is 2. The maximum Gasteiger partial charge on any atom is 0.167 e. The van der Waals surface area contributed by atoms with Gasteiger partial charge in [-0.1, -0.05) is 26.7 Å². The molecule has 4 N–H and O–H groups in total. The van der Waals surface area contributed by atoms with E-state index in [0.29, 0.717) is 11.2 Å². The number of imidazole rings is 1. The number of nitrogens with zero attached hydrogens (tertiary/aromatic N) is 5. The van der Waals surface area contributed by atoms with E-state index in [4.69, 9.17) is 10.5 Å². The Morgan fingerprint density at radius 3 is 2.52 bits per heavy atom. The van der Waals surface area contributed by atoms with Crippen molar-refractivity contribution >= 4 is 17.0 Å². The number of anilines is 1. The van der Waals surface area contributed by atoms with Crippen LogP contribution in [0.2, 0.25) is 0 Å². The van der Waals surface area contributed by atoms with Gasteiger partial charge >= 0.3 is 0 Å². The molecule has 1 fully saturated rings. The van der Waals surface area contributed by atoms with E-state index in [0.717, 1.165) is 38.8 Å². The summed E-state index contributed by atoms with van der Waals surface area (Å²) in [6.45, 7) is 5.87. The van der Waals surface area contributed by atoms with Crippen molar-refractivity contribution in [2.24, 2.45) is 0 Å². The van der Waals surface area contributed by atoms with Gasteiger partial charge in [0.25, 0.3) is 0 Å². The van der Waals surface area contributed by atoms with Gasteiger partial charge < -0.3 is 20.7 Å². The maximum atomic E-state index is 11.1. The number of hydrogen-bond donors (Lipinski definition) is 3. The fourth-order valence-corrected chi connectivity index (χ4v) is 3.75. The molecule has 0 radical (unpaired) electrons. The third-order valence-electron chi connectivity index (χ3n) is 5.20. The van der Waals surface area contributed by atoms with Crippen LogP contribution in [0.5, 0.6) is 0 Å². The molecule has 1 aliphatic rings. The van der Waals surface area contributed by atoms with Gasteiger partial charge in [-0.15, -0.1) is 0 Å². The average Bonchev–Trinajstić information content (AvgIpc) is 3.24. The summed E-state index contributed by atoms with van der Waals surface area (Å²) < 4.78 is 7.73. The minimum Gasteiger partial charge on any atom is -0.394 e. The van der Waals surface area contributed by atoms with Gasteiger partial charge in [0.15, 0.2) is 17.7 Å². The quantitative estimate of drug-likeness (QED) is 0.589. The first kappa shape index (κ1) is 19.9. The fraction of sp³-hybridized carbons (Fsp3) is 0.722. The van der Waals surface area contributed by atoms with Gasteiger partial charge in [-0.3, -0.25) is 9.47 Å². The summed E-state index contributed by atoms with van der Waals surface area (Å²) in [5, 5.41) is 21.0. The lowest BCUT2D eigenvalue weighted by Gasteiger charge is -2.33. The molecule has 1 saturated heterocycles. The molecule has 2 aromatic rings. The molecule has 2 aromatic heterocycles. The van der Waals surface area contributed by atoms with E-state index in [9.17, 15) is 10.2 Å². The molecule has 0 unspecified atom stereocenters. The fourth-order valence-electron chi connectivity index (χ4n) is 3.75. The summed E-state index contributed by atoms with van der Waals surface area (Å²) in [5.41, 5.74) is 6.85. The summed E-state index contributed by atoms with van der Waals surface area (Å²) in [6.07, 6.45) is 5.16. The Hall–Kier alpha value is -1.81. The number of hydrogen-bond acceptors (Lipinski definition) is 8. The molecule has 27 heavy (non-hydrogen) atoms. The summed E-state index contributed by atoms with van der Waals surface area (Å²) in [6, 6.07) is -0.283. The first-order valence-corrected chi connectivity index (χ1v) is 9.73. The second-order valence-corrected chi connectivity index (χ2v) is 7.05. The minimum atomic E-state index is -0.815. The van der Waals surface area contributed by atoms with Crippen LogP contribution in [0.1, 0.15) is 45.8 Å². The molecule has 9 heteroatoms. The van der Waals surface area contributed by atoms with E-state index in [2.05, 4.69) is 33.7 Å². The molecule has 3 rings (SSSR count). The van der Waals surface area contributed by atoms with Crippen molar-refractivity contribution in [2.75, 3.05) is 25.4 Å². The zero-order valence-corrected chi connectivity index (χ0v) is 16.0. The van der Waals surface area contributed by atoms with E-state index >= 15 is 0 Å². The topological polar surface area (TPSA) is 123 Å². The zero-order chi connectivity index (χ0) is 19.4. The molecule has 9 nitrogen and oxygen atoms in total. The number of nitrogens with two attached hydrogens (primary N) is 1. The van der Waals surface area contributed by atoms with Crippen LogP contribution in [-0.4, -0.2) is 72.6 Å². The zero-order valence-electron chi connectivity index (χ0n) is 16.0. The van der Waals surface area contributed by atoms with E-state index in [1.54, 1.807) is 10.9 Å². The Bertz CT molecular complexity index is 731. The van der Waals surface area contributed by atoms with Crippen LogP contribution in [0.4, 0.5) is 5.82 Å². The number of aliphatic hydroxyl groups excluding tert-OH is 2. The monoisotopic (exact) mass is 378 g/mol. The molecule has 3 heterocycles. The summed E-state index contributed by atoms with van der Waals surface area (Å²) in [7, 11) is 0. The standard InChI is InChI=1S/C18H30N6O3/c1-3-5-7-23(8-6-4-2)14-12(9-25)27-18(15(14)26)24-11-22-13-16(19)20-10-21-17(13)24/h10-12,14-15,18,25-26H,3-9H2,1-2H3,(H2,19,20,21)/t12-,14-,15+,18-/m1/s1. The third kappa shape index (κ3) is 3.91. The summed E-state index contributed by atoms with van der Waals surface area (Å²) in [5.74, 6) is 0.286. The number of aromatic nitrogens is 4. The third-order valence-corrected chi connectivity index (χ3v) is 5.20. The van der Waals surface area contributed by atoms with Crippen molar-refractivity contribution in [2.45, 2.75) is 64.0 Å². The van der Waals surface area contributed by atoms with Crippen LogP contribution in [0.15, 0.2) is 12.7 Å². The normalized spacial score (nSPS) is 25.7. The van der Waals surface area contributed by atoms with Gasteiger partial charge in [-0.05, 0) is 25.9 Å². The van der Waals surface area contributed by atoms with Gasteiger partial charge in [0.05, 0.1) is 19.0 Å². The van der Waals surface area contributed by atoms with Gasteiger partial charge in [0, 0.05) is 0 Å². The van der Waals surface area contributed by atoms with Crippen molar-refractivity contribution in [3.8, 4) is 0 Å². The number of aliphatic hydroxyl groups is 2. The Morgan fingerprint density at radius 2 is 1.89 bits per heavy atom. The number of fused-ring (bicyclic) bond motifs is 1. The lowest BCUT2D eigenvalue weighted by molar-refractivity contribution is -0.0499. The van der Waals surface area contributed by atoms with E-state index in [1.807, 2.05) is 0 Å². The van der Waals surface area contributed by atoms with Gasteiger partial charge in [-0.2, -0.15) is 0 Å². The average molecular weight is 378 g/mol. The largest absolute Gasteiger partial charge is 0.394 e. The molecule has 0 aromatic carbocycles. The van der Waals surface area contributed by atoms with E-state index in [-0.39, 0.29) is 18.5 Å². The lowest BCUT2D eigenvalue weighted by Crippen LogP contribution is -2.49. The van der Waals surface area contributed by atoms with Crippen molar-refractivity contribution in [3.05, 3.63) is 12.7 Å². The molecule has 0 spiro atoms. The Labute approximate surface area is 159 Å². The van der Waals surface area contributed by atoms with Crippen LogP contribution in [0.25, 0.3) is 11.2 Å². The van der Waals surface area contributed by atoms with Crippen molar-refractivity contribution in [3.63, 3.8) is 0 Å². The Morgan fingerprint density at radius 1 is 1.19 bits per heavy atom. The second-order valence-electron chi connectivity index (χ2n) is 7.05. The number of rotatable bonds is 9. The lowest BCUT2D eigenvalue weighted by atomic mass is 10.0. The van der Waals surface area contributed by atoms with Crippen molar-refractivity contribution in [1.29, 1.82) is 0 Å². The Balaban J connectivity index is 1.89. The molecular formula is C18H30N6O3.